The van der Waals surface area contributed by atoms with Crippen LogP contribution in [-0.4, -0.2) is 59.8 Å². The highest BCUT2D eigenvalue weighted by Gasteiger charge is 2.48. The summed E-state index contributed by atoms with van der Waals surface area (Å²) in [6.07, 6.45) is 2.79. The van der Waals surface area contributed by atoms with Crippen LogP contribution in [0.1, 0.15) is 51.5 Å². The number of piperidine rings is 1. The number of rotatable bonds is 7. The van der Waals surface area contributed by atoms with Gasteiger partial charge in [0.15, 0.2) is 0 Å². The van der Waals surface area contributed by atoms with Crippen molar-refractivity contribution < 1.29 is 14.3 Å². The Morgan fingerprint density at radius 1 is 1.06 bits per heavy atom. The van der Waals surface area contributed by atoms with Crippen molar-refractivity contribution in [3.8, 4) is 5.75 Å². The van der Waals surface area contributed by atoms with Crippen LogP contribution in [0.4, 0.5) is 4.79 Å². The van der Waals surface area contributed by atoms with Crippen LogP contribution in [0.2, 0.25) is 0 Å². The van der Waals surface area contributed by atoms with E-state index in [9.17, 15) is 4.79 Å². The summed E-state index contributed by atoms with van der Waals surface area (Å²) in [6.45, 7) is 9.33. The highest BCUT2D eigenvalue weighted by molar-refractivity contribution is 9.10. The molecule has 178 valence electrons. The maximum atomic E-state index is 13.2. The Hall–Kier alpha value is -2.05. The van der Waals surface area contributed by atoms with Gasteiger partial charge >= 0.3 is 6.09 Å². The van der Waals surface area contributed by atoms with E-state index >= 15 is 0 Å². The summed E-state index contributed by atoms with van der Waals surface area (Å²) in [4.78, 5) is 17.7. The van der Waals surface area contributed by atoms with E-state index in [4.69, 9.17) is 9.47 Å². The van der Waals surface area contributed by atoms with Gasteiger partial charge in [-0.05, 0) is 69.9 Å². The first kappa shape index (κ1) is 24.1. The van der Waals surface area contributed by atoms with E-state index in [1.54, 1.807) is 0 Å². The van der Waals surface area contributed by atoms with E-state index in [1.807, 2.05) is 51.1 Å². The lowest BCUT2D eigenvalue weighted by molar-refractivity contribution is 0.00475. The predicted octanol–water partition coefficient (Wildman–Crippen LogP) is 6.09. The van der Waals surface area contributed by atoms with Crippen molar-refractivity contribution in [2.24, 2.45) is 0 Å². The minimum Gasteiger partial charge on any atom is -0.492 e. The smallest absolute Gasteiger partial charge is 0.410 e. The van der Waals surface area contributed by atoms with Gasteiger partial charge in [-0.25, -0.2) is 4.79 Å². The van der Waals surface area contributed by atoms with E-state index in [-0.39, 0.29) is 18.2 Å². The van der Waals surface area contributed by atoms with Gasteiger partial charge in [-0.3, -0.25) is 4.90 Å². The van der Waals surface area contributed by atoms with Crippen molar-refractivity contribution >= 4 is 22.0 Å². The fourth-order valence-corrected chi connectivity index (χ4v) is 4.93. The Kier molecular flexibility index (Phi) is 7.65. The van der Waals surface area contributed by atoms with E-state index < -0.39 is 5.60 Å². The fourth-order valence-electron chi connectivity index (χ4n) is 4.66. The maximum Gasteiger partial charge on any atom is 0.410 e. The minimum atomic E-state index is -0.489. The molecule has 2 atom stereocenters. The average Bonchev–Trinajstić information content (AvgIpc) is 3.56. The molecule has 1 amide bonds. The molecule has 0 N–H and O–H groups in total. The number of benzene rings is 2. The summed E-state index contributed by atoms with van der Waals surface area (Å²) in [5.41, 5.74) is 0.830. The Bertz CT molecular complexity index is 905. The molecule has 2 aromatic carbocycles. The molecule has 2 aromatic rings. The first-order valence-corrected chi connectivity index (χ1v) is 12.8. The Balaban J connectivity index is 1.32. The summed E-state index contributed by atoms with van der Waals surface area (Å²) < 4.78 is 12.8. The highest BCUT2D eigenvalue weighted by atomic mass is 79.9. The van der Waals surface area contributed by atoms with Crippen LogP contribution in [-0.2, 0) is 4.74 Å². The van der Waals surface area contributed by atoms with Crippen LogP contribution >= 0.6 is 15.9 Å². The molecule has 0 aromatic heterocycles. The molecule has 6 heteroatoms. The van der Waals surface area contributed by atoms with E-state index in [0.29, 0.717) is 12.5 Å². The normalized spacial score (nSPS) is 21.5. The number of likely N-dealkylation sites (tertiary alicyclic amines) is 1. The molecule has 0 radical (unpaired) electrons. The van der Waals surface area contributed by atoms with Gasteiger partial charge < -0.3 is 14.4 Å². The third-order valence-electron chi connectivity index (χ3n) is 6.39. The zero-order valence-electron chi connectivity index (χ0n) is 19.9. The first-order valence-electron chi connectivity index (χ1n) is 12.0. The molecule has 2 aliphatic rings. The van der Waals surface area contributed by atoms with Gasteiger partial charge in [0.05, 0.1) is 0 Å². The summed E-state index contributed by atoms with van der Waals surface area (Å²) in [5, 5.41) is 0. The largest absolute Gasteiger partial charge is 0.492 e. The Labute approximate surface area is 206 Å². The maximum absolute atomic E-state index is 13.2. The first-order chi connectivity index (χ1) is 15.8. The monoisotopic (exact) mass is 514 g/mol. The van der Waals surface area contributed by atoms with Crippen molar-refractivity contribution in [1.82, 2.24) is 9.80 Å². The number of halogens is 1. The van der Waals surface area contributed by atoms with Crippen LogP contribution in [0.25, 0.3) is 0 Å². The predicted molar refractivity (Wildman–Crippen MR) is 135 cm³/mol. The third kappa shape index (κ3) is 6.73. The molecule has 33 heavy (non-hydrogen) atoms. The van der Waals surface area contributed by atoms with E-state index in [0.717, 1.165) is 49.1 Å². The van der Waals surface area contributed by atoms with Gasteiger partial charge in [0, 0.05) is 42.1 Å². The molecule has 2 fully saturated rings. The van der Waals surface area contributed by atoms with Gasteiger partial charge in [0.2, 0.25) is 0 Å². The zero-order chi connectivity index (χ0) is 23.4. The van der Waals surface area contributed by atoms with Crippen LogP contribution in [0.3, 0.4) is 0 Å². The summed E-state index contributed by atoms with van der Waals surface area (Å²) in [5.74, 6) is 1.31. The number of ether oxygens (including phenoxy) is 2. The zero-order valence-corrected chi connectivity index (χ0v) is 21.5. The lowest BCUT2D eigenvalue weighted by Gasteiger charge is -2.39. The van der Waals surface area contributed by atoms with Gasteiger partial charge in [-0.2, -0.15) is 0 Å². The van der Waals surface area contributed by atoms with Crippen molar-refractivity contribution in [3.05, 3.63) is 64.6 Å². The molecule has 4 rings (SSSR count). The second-order valence-electron chi connectivity index (χ2n) is 10.1. The molecule has 1 saturated carbocycles. The molecular weight excluding hydrogens is 480 g/mol. The molecule has 1 aliphatic carbocycles. The number of hydrogen-bond acceptors (Lipinski definition) is 4. The summed E-state index contributed by atoms with van der Waals surface area (Å²) in [6, 6.07) is 19.0. The SMILES string of the molecule is CC(C)(C)OC(=O)N(C1CCN(CCOc2ccc(Br)cc2)CC1)[C@@H]1C[C@H]1c1ccccc1. The van der Waals surface area contributed by atoms with E-state index in [1.165, 1.54) is 5.56 Å². The van der Waals surface area contributed by atoms with Crippen molar-refractivity contribution in [2.45, 2.75) is 63.6 Å². The Morgan fingerprint density at radius 2 is 1.73 bits per heavy atom. The van der Waals surface area contributed by atoms with Gasteiger partial charge in [0.1, 0.15) is 18.0 Å². The molecular formula is C27H35BrN2O3. The van der Waals surface area contributed by atoms with Crippen LogP contribution < -0.4 is 4.74 Å². The Morgan fingerprint density at radius 3 is 2.36 bits per heavy atom. The third-order valence-corrected chi connectivity index (χ3v) is 6.92. The van der Waals surface area contributed by atoms with Gasteiger partial charge in [-0.1, -0.05) is 46.3 Å². The molecule has 0 bridgehead atoms. The second-order valence-corrected chi connectivity index (χ2v) is 11.0. The molecule has 1 aliphatic heterocycles. The number of amides is 1. The minimum absolute atomic E-state index is 0.164. The van der Waals surface area contributed by atoms with Crippen LogP contribution in [0, 0.1) is 0 Å². The average molecular weight is 515 g/mol. The number of hydrogen-bond donors (Lipinski definition) is 0. The van der Waals surface area contributed by atoms with E-state index in [2.05, 4.69) is 50.0 Å². The van der Waals surface area contributed by atoms with Crippen LogP contribution in [0.15, 0.2) is 59.1 Å². The highest BCUT2D eigenvalue weighted by Crippen LogP contribution is 2.46. The van der Waals surface area contributed by atoms with Crippen molar-refractivity contribution in [1.29, 1.82) is 0 Å². The van der Waals surface area contributed by atoms with Gasteiger partial charge in [-0.15, -0.1) is 0 Å². The lowest BCUT2D eigenvalue weighted by Crippen LogP contribution is -2.50. The lowest BCUT2D eigenvalue weighted by atomic mass is 10.0. The molecule has 0 spiro atoms. The topological polar surface area (TPSA) is 42.0 Å². The van der Waals surface area contributed by atoms with Crippen molar-refractivity contribution in [3.63, 3.8) is 0 Å². The fraction of sp³-hybridized carbons (Fsp3) is 0.519. The number of carbonyl (C=O) groups excluding carboxylic acids is 1. The molecule has 1 heterocycles. The number of nitrogens with zero attached hydrogens (tertiary/aromatic N) is 2. The molecule has 5 nitrogen and oxygen atoms in total. The molecule has 0 unspecified atom stereocenters. The standard InChI is InChI=1S/C27H35BrN2O3/c1-27(2,3)33-26(31)30(25-19-24(25)20-7-5-4-6-8-20)22-13-15-29(16-14-22)17-18-32-23-11-9-21(28)10-12-23/h4-12,22,24-25H,13-19H2,1-3H3/t24-,25+/m0/s1. The van der Waals surface area contributed by atoms with Crippen LogP contribution in [0.5, 0.6) is 5.75 Å². The summed E-state index contributed by atoms with van der Waals surface area (Å²) >= 11 is 3.45. The van der Waals surface area contributed by atoms with Gasteiger partial charge in [0.25, 0.3) is 0 Å². The summed E-state index contributed by atoms with van der Waals surface area (Å²) in [7, 11) is 0. The number of carbonyl (C=O) groups is 1. The quantitative estimate of drug-likeness (QED) is 0.448. The molecule has 1 saturated heterocycles. The van der Waals surface area contributed by atoms with Crippen molar-refractivity contribution in [2.75, 3.05) is 26.2 Å². The second kappa shape index (κ2) is 10.5.